The first-order chi connectivity index (χ1) is 8.31. The monoisotopic (exact) mass is 250 g/mol. The number of benzene rings is 1. The van der Waals surface area contributed by atoms with Gasteiger partial charge >= 0.3 is 0 Å². The van der Waals surface area contributed by atoms with E-state index in [9.17, 15) is 0 Å². The van der Waals surface area contributed by atoms with Gasteiger partial charge in [-0.3, -0.25) is 4.90 Å². The largest absolute Gasteiger partial charge is 0.326 e. The van der Waals surface area contributed by atoms with Gasteiger partial charge in [-0.05, 0) is 43.3 Å². The molecule has 0 aromatic heterocycles. The Balaban J connectivity index is 1.84. The summed E-state index contributed by atoms with van der Waals surface area (Å²) in [7, 11) is 0. The molecule has 2 rings (SSSR count). The van der Waals surface area contributed by atoms with Gasteiger partial charge in [-0.15, -0.1) is 0 Å². The minimum Gasteiger partial charge on any atom is -0.326 e. The molecule has 94 valence electrons. The topological polar surface area (TPSA) is 29.3 Å². The van der Waals surface area contributed by atoms with Gasteiger partial charge in [0.1, 0.15) is 0 Å². The second-order valence-electron chi connectivity index (χ2n) is 4.73. The lowest BCUT2D eigenvalue weighted by molar-refractivity contribution is 0.225. The van der Waals surface area contributed by atoms with Gasteiger partial charge in [0, 0.05) is 18.3 Å². The van der Waals surface area contributed by atoms with E-state index in [1.165, 1.54) is 37.1 Å². The van der Waals surface area contributed by atoms with Crippen LogP contribution in [0.15, 0.2) is 24.3 Å². The van der Waals surface area contributed by atoms with Crippen LogP contribution in [0.2, 0.25) is 0 Å². The molecule has 0 amide bonds. The van der Waals surface area contributed by atoms with Crippen molar-refractivity contribution in [2.45, 2.75) is 31.2 Å². The number of hydrogen-bond acceptors (Lipinski definition) is 3. The molecular formula is C14H22N2S. The van der Waals surface area contributed by atoms with Crippen LogP contribution in [0.25, 0.3) is 0 Å². The Hall–Kier alpha value is -0.510. The first-order valence-electron chi connectivity index (χ1n) is 6.35. The Bertz CT molecular complexity index is 329. The summed E-state index contributed by atoms with van der Waals surface area (Å²) in [4.78, 5) is 2.56. The van der Waals surface area contributed by atoms with Gasteiger partial charge in [0.15, 0.2) is 0 Å². The highest BCUT2D eigenvalue weighted by Gasteiger charge is 2.17. The van der Waals surface area contributed by atoms with E-state index in [1.807, 2.05) is 11.8 Å². The molecule has 17 heavy (non-hydrogen) atoms. The average molecular weight is 250 g/mol. The standard InChI is InChI=1S/C14H22N2S/c1-17-14-6-8-16(9-7-14)11-13-4-2-12(10-15)3-5-13/h2-5,14H,6-11,15H2,1H3. The van der Waals surface area contributed by atoms with Crippen molar-refractivity contribution in [3.05, 3.63) is 35.4 Å². The minimum absolute atomic E-state index is 0.638. The lowest BCUT2D eigenvalue weighted by Gasteiger charge is -2.31. The molecule has 0 saturated carbocycles. The highest BCUT2D eigenvalue weighted by Crippen LogP contribution is 2.22. The summed E-state index contributed by atoms with van der Waals surface area (Å²) in [6.45, 7) is 4.21. The van der Waals surface area contributed by atoms with E-state index in [0.29, 0.717) is 6.54 Å². The smallest absolute Gasteiger partial charge is 0.0233 e. The Morgan fingerprint density at radius 2 is 1.76 bits per heavy atom. The summed E-state index contributed by atoms with van der Waals surface area (Å²) >= 11 is 2.02. The lowest BCUT2D eigenvalue weighted by atomic mass is 10.1. The number of likely N-dealkylation sites (tertiary alicyclic amines) is 1. The molecule has 0 spiro atoms. The van der Waals surface area contributed by atoms with E-state index in [2.05, 4.69) is 35.4 Å². The molecule has 1 fully saturated rings. The normalized spacial score (nSPS) is 18.5. The van der Waals surface area contributed by atoms with Gasteiger partial charge < -0.3 is 5.73 Å². The van der Waals surface area contributed by atoms with Crippen molar-refractivity contribution in [2.24, 2.45) is 5.73 Å². The number of nitrogens with two attached hydrogens (primary N) is 1. The van der Waals surface area contributed by atoms with Crippen LogP contribution in [0, 0.1) is 0 Å². The molecule has 3 heteroatoms. The van der Waals surface area contributed by atoms with Crippen LogP contribution >= 0.6 is 11.8 Å². The summed E-state index contributed by atoms with van der Waals surface area (Å²) < 4.78 is 0. The molecular weight excluding hydrogens is 228 g/mol. The Morgan fingerprint density at radius 1 is 1.18 bits per heavy atom. The van der Waals surface area contributed by atoms with Crippen LogP contribution in [0.4, 0.5) is 0 Å². The maximum Gasteiger partial charge on any atom is 0.0233 e. The van der Waals surface area contributed by atoms with Crippen LogP contribution in [-0.2, 0) is 13.1 Å². The van der Waals surface area contributed by atoms with E-state index in [0.717, 1.165) is 11.8 Å². The van der Waals surface area contributed by atoms with Crippen LogP contribution in [0.1, 0.15) is 24.0 Å². The van der Waals surface area contributed by atoms with Crippen molar-refractivity contribution in [3.63, 3.8) is 0 Å². The van der Waals surface area contributed by atoms with E-state index in [-0.39, 0.29) is 0 Å². The molecule has 1 heterocycles. The van der Waals surface area contributed by atoms with Gasteiger partial charge in [0.05, 0.1) is 0 Å². The van der Waals surface area contributed by atoms with Gasteiger partial charge in [-0.2, -0.15) is 11.8 Å². The van der Waals surface area contributed by atoms with Gasteiger partial charge in [-0.1, -0.05) is 24.3 Å². The van der Waals surface area contributed by atoms with Crippen LogP contribution in [0.3, 0.4) is 0 Å². The predicted molar refractivity (Wildman–Crippen MR) is 76.1 cm³/mol. The van der Waals surface area contributed by atoms with E-state index < -0.39 is 0 Å². The molecule has 0 radical (unpaired) electrons. The third kappa shape index (κ3) is 3.73. The zero-order valence-electron chi connectivity index (χ0n) is 10.6. The summed E-state index contributed by atoms with van der Waals surface area (Å²) in [5.74, 6) is 0. The third-order valence-corrected chi connectivity index (χ3v) is 4.67. The number of piperidine rings is 1. The molecule has 1 aliphatic heterocycles. The number of hydrogen-bond donors (Lipinski definition) is 1. The molecule has 0 atom stereocenters. The van der Waals surface area contributed by atoms with Crippen molar-refractivity contribution in [3.8, 4) is 0 Å². The molecule has 0 unspecified atom stereocenters. The van der Waals surface area contributed by atoms with E-state index >= 15 is 0 Å². The van der Waals surface area contributed by atoms with Crippen LogP contribution < -0.4 is 5.73 Å². The molecule has 1 aliphatic rings. The van der Waals surface area contributed by atoms with E-state index in [1.54, 1.807) is 0 Å². The quantitative estimate of drug-likeness (QED) is 0.890. The summed E-state index contributed by atoms with van der Waals surface area (Å²) in [5, 5.41) is 0.880. The lowest BCUT2D eigenvalue weighted by Crippen LogP contribution is -2.34. The number of rotatable bonds is 4. The molecule has 1 saturated heterocycles. The summed E-state index contributed by atoms with van der Waals surface area (Å²) in [6.07, 6.45) is 4.90. The molecule has 0 bridgehead atoms. The van der Waals surface area contributed by atoms with Crippen molar-refractivity contribution < 1.29 is 0 Å². The number of nitrogens with zero attached hydrogens (tertiary/aromatic N) is 1. The minimum atomic E-state index is 0.638. The zero-order chi connectivity index (χ0) is 12.1. The van der Waals surface area contributed by atoms with Gasteiger partial charge in [0.2, 0.25) is 0 Å². The molecule has 2 nitrogen and oxygen atoms in total. The maximum atomic E-state index is 5.60. The second-order valence-corrected chi connectivity index (χ2v) is 5.87. The first kappa shape index (κ1) is 12.9. The highest BCUT2D eigenvalue weighted by atomic mass is 32.2. The summed E-state index contributed by atoms with van der Waals surface area (Å²) in [5.41, 5.74) is 8.23. The Labute approximate surface area is 109 Å². The first-order valence-corrected chi connectivity index (χ1v) is 7.63. The highest BCUT2D eigenvalue weighted by molar-refractivity contribution is 7.99. The SMILES string of the molecule is CSC1CCN(Cc2ccc(CN)cc2)CC1. The maximum absolute atomic E-state index is 5.60. The average Bonchev–Trinajstić information content (AvgIpc) is 2.40. The van der Waals surface area contributed by atoms with Crippen LogP contribution in [0.5, 0.6) is 0 Å². The van der Waals surface area contributed by atoms with Crippen molar-refractivity contribution in [2.75, 3.05) is 19.3 Å². The Morgan fingerprint density at radius 3 is 2.29 bits per heavy atom. The fraction of sp³-hybridized carbons (Fsp3) is 0.571. The van der Waals surface area contributed by atoms with Crippen molar-refractivity contribution in [1.29, 1.82) is 0 Å². The molecule has 2 N–H and O–H groups in total. The predicted octanol–water partition coefficient (Wildman–Crippen LogP) is 2.47. The molecule has 1 aromatic rings. The fourth-order valence-electron chi connectivity index (χ4n) is 2.34. The number of thioether (sulfide) groups is 1. The molecule has 1 aromatic carbocycles. The van der Waals surface area contributed by atoms with Crippen molar-refractivity contribution in [1.82, 2.24) is 4.90 Å². The van der Waals surface area contributed by atoms with Gasteiger partial charge in [-0.25, -0.2) is 0 Å². The zero-order valence-corrected chi connectivity index (χ0v) is 11.4. The van der Waals surface area contributed by atoms with Crippen molar-refractivity contribution >= 4 is 11.8 Å². The molecule has 0 aliphatic carbocycles. The fourth-order valence-corrected chi connectivity index (χ4v) is 3.02. The summed E-state index contributed by atoms with van der Waals surface area (Å²) in [6, 6.07) is 8.71. The van der Waals surface area contributed by atoms with Crippen LogP contribution in [-0.4, -0.2) is 29.5 Å². The third-order valence-electron chi connectivity index (χ3n) is 3.53. The van der Waals surface area contributed by atoms with E-state index in [4.69, 9.17) is 5.73 Å². The Kier molecular flexibility index (Phi) is 4.89. The van der Waals surface area contributed by atoms with Gasteiger partial charge in [0.25, 0.3) is 0 Å². The second kappa shape index (κ2) is 6.43.